The van der Waals surface area contributed by atoms with Crippen LogP contribution in [0.4, 0.5) is 0 Å². The molecule has 0 bridgehead atoms. The maximum atomic E-state index is 5.64. The Bertz CT molecular complexity index is 388. The predicted molar refractivity (Wildman–Crippen MR) is 65.8 cm³/mol. The summed E-state index contributed by atoms with van der Waals surface area (Å²) in [5.41, 5.74) is 2.72. The lowest BCUT2D eigenvalue weighted by Gasteiger charge is -2.39. The van der Waals surface area contributed by atoms with E-state index in [0.717, 1.165) is 26.1 Å². The lowest BCUT2D eigenvalue weighted by Crippen LogP contribution is -2.48. The first-order chi connectivity index (χ1) is 8.36. The van der Waals surface area contributed by atoms with Crippen molar-refractivity contribution in [2.24, 2.45) is 0 Å². The Morgan fingerprint density at radius 1 is 1.29 bits per heavy atom. The van der Waals surface area contributed by atoms with E-state index in [1.807, 2.05) is 0 Å². The highest BCUT2D eigenvalue weighted by molar-refractivity contribution is 5.31. The molecule has 0 aromatic heterocycles. The number of methoxy groups -OCH3 is 1. The Balaban J connectivity index is 1.65. The molecule has 1 aliphatic carbocycles. The van der Waals surface area contributed by atoms with Crippen LogP contribution in [0, 0.1) is 0 Å². The monoisotopic (exact) mass is 233 g/mol. The molecule has 1 fully saturated rings. The van der Waals surface area contributed by atoms with Gasteiger partial charge in [0.25, 0.3) is 0 Å². The van der Waals surface area contributed by atoms with Crippen molar-refractivity contribution in [3.8, 4) is 0 Å². The molecule has 3 nitrogen and oxygen atoms in total. The summed E-state index contributed by atoms with van der Waals surface area (Å²) in [5, 5.41) is 3.67. The molecule has 92 valence electrons. The maximum Gasteiger partial charge on any atom is 0.0721 e. The third kappa shape index (κ3) is 2.23. The average Bonchev–Trinajstić information content (AvgIpc) is 2.33. The standard InChI is InChI=1S/C14H19NO2/c1-16-12-6-11(7-12)15-14-9-17-8-10-4-2-3-5-13(10)14/h2-5,11-12,14-15H,6-9H2,1H3. The van der Waals surface area contributed by atoms with E-state index in [-0.39, 0.29) is 0 Å². The fraction of sp³-hybridized carbons (Fsp3) is 0.571. The van der Waals surface area contributed by atoms with Crippen molar-refractivity contribution in [1.82, 2.24) is 5.32 Å². The highest BCUT2D eigenvalue weighted by Gasteiger charge is 2.32. The first kappa shape index (κ1) is 11.2. The summed E-state index contributed by atoms with van der Waals surface area (Å²) in [6.07, 6.45) is 2.69. The fourth-order valence-corrected chi connectivity index (χ4v) is 2.70. The van der Waals surface area contributed by atoms with Gasteiger partial charge in [-0.25, -0.2) is 0 Å². The zero-order valence-electron chi connectivity index (χ0n) is 10.2. The minimum absolute atomic E-state index is 0.350. The molecule has 1 aromatic rings. The number of hydrogen-bond acceptors (Lipinski definition) is 3. The molecule has 1 saturated carbocycles. The van der Waals surface area contributed by atoms with Gasteiger partial charge in [0.2, 0.25) is 0 Å². The van der Waals surface area contributed by atoms with Crippen LogP contribution in [0.2, 0.25) is 0 Å². The van der Waals surface area contributed by atoms with E-state index in [4.69, 9.17) is 9.47 Å². The fourth-order valence-electron chi connectivity index (χ4n) is 2.70. The molecule has 0 spiro atoms. The molecule has 1 heterocycles. The van der Waals surface area contributed by atoms with Gasteiger partial charge in [-0.2, -0.15) is 0 Å². The van der Waals surface area contributed by atoms with Crippen molar-refractivity contribution in [3.05, 3.63) is 35.4 Å². The summed E-state index contributed by atoms with van der Waals surface area (Å²) < 4.78 is 10.9. The Morgan fingerprint density at radius 3 is 2.94 bits per heavy atom. The van der Waals surface area contributed by atoms with Crippen molar-refractivity contribution in [3.63, 3.8) is 0 Å². The Labute approximate surface area is 102 Å². The van der Waals surface area contributed by atoms with Crippen LogP contribution < -0.4 is 5.32 Å². The van der Waals surface area contributed by atoms with Crippen molar-refractivity contribution in [2.75, 3.05) is 13.7 Å². The molecule has 3 rings (SSSR count). The number of rotatable bonds is 3. The van der Waals surface area contributed by atoms with Gasteiger partial charge in [-0.05, 0) is 24.0 Å². The molecule has 0 radical (unpaired) electrons. The minimum atomic E-state index is 0.350. The molecule has 0 amide bonds. The molecule has 1 N–H and O–H groups in total. The summed E-state index contributed by atoms with van der Waals surface area (Å²) in [7, 11) is 1.79. The number of fused-ring (bicyclic) bond motifs is 1. The van der Waals surface area contributed by atoms with Crippen LogP contribution in [-0.2, 0) is 16.1 Å². The zero-order chi connectivity index (χ0) is 11.7. The molecule has 3 heteroatoms. The summed E-state index contributed by atoms with van der Waals surface area (Å²) in [4.78, 5) is 0. The second-order valence-corrected chi connectivity index (χ2v) is 4.96. The molecule has 1 aliphatic heterocycles. The minimum Gasteiger partial charge on any atom is -0.381 e. The zero-order valence-corrected chi connectivity index (χ0v) is 10.2. The van der Waals surface area contributed by atoms with E-state index in [0.29, 0.717) is 18.2 Å². The third-order valence-corrected chi connectivity index (χ3v) is 3.84. The van der Waals surface area contributed by atoms with Gasteiger partial charge >= 0.3 is 0 Å². The van der Waals surface area contributed by atoms with Crippen molar-refractivity contribution in [1.29, 1.82) is 0 Å². The molecule has 2 aliphatic rings. The summed E-state index contributed by atoms with van der Waals surface area (Å²) in [6, 6.07) is 9.48. The smallest absolute Gasteiger partial charge is 0.0721 e. The van der Waals surface area contributed by atoms with Gasteiger partial charge in [0.05, 0.1) is 25.4 Å². The molecule has 1 unspecified atom stereocenters. The van der Waals surface area contributed by atoms with Crippen LogP contribution >= 0.6 is 0 Å². The van der Waals surface area contributed by atoms with Gasteiger partial charge in [-0.3, -0.25) is 0 Å². The number of hydrogen-bond donors (Lipinski definition) is 1. The van der Waals surface area contributed by atoms with Gasteiger partial charge in [0, 0.05) is 13.2 Å². The first-order valence-corrected chi connectivity index (χ1v) is 6.31. The lowest BCUT2D eigenvalue weighted by atomic mass is 9.87. The van der Waals surface area contributed by atoms with E-state index in [1.54, 1.807) is 7.11 Å². The van der Waals surface area contributed by atoms with Crippen LogP contribution in [-0.4, -0.2) is 25.9 Å². The highest BCUT2D eigenvalue weighted by Crippen LogP contribution is 2.29. The Morgan fingerprint density at radius 2 is 2.12 bits per heavy atom. The summed E-state index contributed by atoms with van der Waals surface area (Å²) in [6.45, 7) is 1.53. The molecule has 1 aromatic carbocycles. The topological polar surface area (TPSA) is 30.5 Å². The normalized spacial score (nSPS) is 31.7. The number of ether oxygens (including phenoxy) is 2. The second-order valence-electron chi connectivity index (χ2n) is 4.96. The van der Waals surface area contributed by atoms with Gasteiger partial charge in [-0.15, -0.1) is 0 Å². The quantitative estimate of drug-likeness (QED) is 0.866. The average molecular weight is 233 g/mol. The van der Waals surface area contributed by atoms with E-state index >= 15 is 0 Å². The van der Waals surface area contributed by atoms with Crippen LogP contribution in [0.1, 0.15) is 30.0 Å². The molecule has 0 saturated heterocycles. The van der Waals surface area contributed by atoms with Gasteiger partial charge in [-0.1, -0.05) is 24.3 Å². The maximum absolute atomic E-state index is 5.64. The van der Waals surface area contributed by atoms with E-state index in [2.05, 4.69) is 29.6 Å². The van der Waals surface area contributed by atoms with Crippen LogP contribution in [0.25, 0.3) is 0 Å². The van der Waals surface area contributed by atoms with Gasteiger partial charge in [0.15, 0.2) is 0 Å². The number of nitrogens with one attached hydrogen (secondary N) is 1. The van der Waals surface area contributed by atoms with E-state index < -0.39 is 0 Å². The van der Waals surface area contributed by atoms with E-state index in [9.17, 15) is 0 Å². The Kier molecular flexibility index (Phi) is 3.14. The SMILES string of the molecule is COC1CC(NC2COCc3ccccc32)C1. The van der Waals surface area contributed by atoms with Gasteiger partial charge in [0.1, 0.15) is 0 Å². The highest BCUT2D eigenvalue weighted by atomic mass is 16.5. The molecule has 17 heavy (non-hydrogen) atoms. The first-order valence-electron chi connectivity index (χ1n) is 6.31. The van der Waals surface area contributed by atoms with Gasteiger partial charge < -0.3 is 14.8 Å². The Hall–Kier alpha value is -0.900. The van der Waals surface area contributed by atoms with Crippen LogP contribution in [0.3, 0.4) is 0 Å². The van der Waals surface area contributed by atoms with Crippen molar-refractivity contribution in [2.45, 2.75) is 37.6 Å². The second kappa shape index (κ2) is 4.77. The molecule has 1 atom stereocenters. The number of benzene rings is 1. The summed E-state index contributed by atoms with van der Waals surface area (Å²) >= 11 is 0. The molecular weight excluding hydrogens is 214 g/mol. The van der Waals surface area contributed by atoms with Crippen LogP contribution in [0.5, 0.6) is 0 Å². The third-order valence-electron chi connectivity index (χ3n) is 3.84. The van der Waals surface area contributed by atoms with Crippen molar-refractivity contribution >= 4 is 0 Å². The summed E-state index contributed by atoms with van der Waals surface area (Å²) in [5.74, 6) is 0. The predicted octanol–water partition coefficient (Wildman–Crippen LogP) is 2.02. The molecular formula is C14H19NO2. The van der Waals surface area contributed by atoms with Crippen molar-refractivity contribution < 1.29 is 9.47 Å². The largest absolute Gasteiger partial charge is 0.381 e. The van der Waals surface area contributed by atoms with E-state index in [1.165, 1.54) is 11.1 Å². The lowest BCUT2D eigenvalue weighted by molar-refractivity contribution is 0.00466. The van der Waals surface area contributed by atoms with Crippen LogP contribution in [0.15, 0.2) is 24.3 Å².